The van der Waals surface area contributed by atoms with E-state index in [0.29, 0.717) is 6.54 Å². The van der Waals surface area contributed by atoms with Crippen LogP contribution in [0.25, 0.3) is 0 Å². The third-order valence-corrected chi connectivity index (χ3v) is 3.92. The summed E-state index contributed by atoms with van der Waals surface area (Å²) >= 11 is 1.73. The molecule has 0 radical (unpaired) electrons. The largest absolute Gasteiger partial charge is 0.329 e. The molecule has 3 heteroatoms. The van der Waals surface area contributed by atoms with Gasteiger partial charge in [0.05, 0.1) is 5.03 Å². The minimum Gasteiger partial charge on any atom is -0.329 e. The van der Waals surface area contributed by atoms with Crippen molar-refractivity contribution in [3.8, 4) is 0 Å². The van der Waals surface area contributed by atoms with E-state index in [1.807, 2.05) is 25.1 Å². The lowest BCUT2D eigenvalue weighted by Crippen LogP contribution is -2.09. The molecule has 18 heavy (non-hydrogen) atoms. The van der Waals surface area contributed by atoms with Crippen LogP contribution in [0.15, 0.2) is 47.5 Å². The van der Waals surface area contributed by atoms with Crippen LogP contribution in [0.4, 0.5) is 0 Å². The van der Waals surface area contributed by atoms with E-state index in [2.05, 4.69) is 36.2 Å². The number of pyridine rings is 1. The molecule has 2 rings (SSSR count). The van der Waals surface area contributed by atoms with Crippen LogP contribution in [-0.4, -0.2) is 11.5 Å². The topological polar surface area (TPSA) is 38.9 Å². The molecule has 1 heterocycles. The van der Waals surface area contributed by atoms with Gasteiger partial charge < -0.3 is 5.73 Å². The average Bonchev–Trinajstić information content (AvgIpc) is 2.36. The van der Waals surface area contributed by atoms with Gasteiger partial charge >= 0.3 is 0 Å². The lowest BCUT2D eigenvalue weighted by Gasteiger charge is -2.14. The van der Waals surface area contributed by atoms with E-state index in [1.165, 1.54) is 11.1 Å². The van der Waals surface area contributed by atoms with Gasteiger partial charge in [0.25, 0.3) is 0 Å². The van der Waals surface area contributed by atoms with Crippen molar-refractivity contribution in [2.24, 2.45) is 5.73 Å². The minimum absolute atomic E-state index is 0.264. The number of nitrogens with zero attached hydrogens (tertiary/aromatic N) is 1. The standard InChI is InChI=1S/C15H18N2S/c1-11-8-12(2)17-15(9-11)18-14(10-16)13-6-4-3-5-7-13/h3-9,14H,10,16H2,1-2H3. The zero-order valence-electron chi connectivity index (χ0n) is 10.8. The number of nitrogens with two attached hydrogens (primary N) is 1. The Bertz CT molecular complexity index is 491. The molecule has 0 bridgehead atoms. The summed E-state index contributed by atoms with van der Waals surface area (Å²) in [6.45, 7) is 4.74. The van der Waals surface area contributed by atoms with Gasteiger partial charge in [0.1, 0.15) is 0 Å². The predicted molar refractivity (Wildman–Crippen MR) is 77.8 cm³/mol. The molecule has 0 saturated heterocycles. The highest BCUT2D eigenvalue weighted by molar-refractivity contribution is 7.99. The number of aromatic nitrogens is 1. The second-order valence-corrected chi connectivity index (χ2v) is 5.60. The minimum atomic E-state index is 0.264. The molecular weight excluding hydrogens is 240 g/mol. The molecule has 0 saturated carbocycles. The molecule has 0 aliphatic rings. The van der Waals surface area contributed by atoms with Crippen LogP contribution >= 0.6 is 11.8 Å². The molecule has 0 aliphatic heterocycles. The predicted octanol–water partition coefficient (Wildman–Crippen LogP) is 3.49. The van der Waals surface area contributed by atoms with Crippen LogP contribution in [0.2, 0.25) is 0 Å². The summed E-state index contributed by atoms with van der Waals surface area (Å²) in [5.74, 6) is 0. The van der Waals surface area contributed by atoms with Gasteiger partial charge in [-0.15, -0.1) is 0 Å². The van der Waals surface area contributed by atoms with Crippen molar-refractivity contribution < 1.29 is 0 Å². The molecule has 1 aromatic heterocycles. The lowest BCUT2D eigenvalue weighted by molar-refractivity contribution is 0.931. The quantitative estimate of drug-likeness (QED) is 0.853. The van der Waals surface area contributed by atoms with Gasteiger partial charge in [-0.25, -0.2) is 4.98 Å². The maximum absolute atomic E-state index is 5.88. The Balaban J connectivity index is 2.20. The van der Waals surface area contributed by atoms with E-state index >= 15 is 0 Å². The van der Waals surface area contributed by atoms with Crippen molar-refractivity contribution in [2.45, 2.75) is 24.1 Å². The highest BCUT2D eigenvalue weighted by atomic mass is 32.2. The van der Waals surface area contributed by atoms with Crippen molar-refractivity contribution in [2.75, 3.05) is 6.54 Å². The molecular formula is C15H18N2S. The molecule has 2 aromatic rings. The fraction of sp³-hybridized carbons (Fsp3) is 0.267. The zero-order chi connectivity index (χ0) is 13.0. The van der Waals surface area contributed by atoms with E-state index in [1.54, 1.807) is 11.8 Å². The first-order valence-corrected chi connectivity index (χ1v) is 6.94. The lowest BCUT2D eigenvalue weighted by atomic mass is 10.1. The molecule has 94 valence electrons. The van der Waals surface area contributed by atoms with E-state index in [-0.39, 0.29) is 5.25 Å². The van der Waals surface area contributed by atoms with Crippen LogP contribution in [0.1, 0.15) is 22.1 Å². The molecule has 0 fully saturated rings. The second-order valence-electron chi connectivity index (χ2n) is 4.38. The van der Waals surface area contributed by atoms with E-state index in [4.69, 9.17) is 5.73 Å². The van der Waals surface area contributed by atoms with Crippen molar-refractivity contribution in [3.63, 3.8) is 0 Å². The van der Waals surface area contributed by atoms with Gasteiger partial charge in [-0.2, -0.15) is 0 Å². The monoisotopic (exact) mass is 258 g/mol. The van der Waals surface area contributed by atoms with Crippen LogP contribution in [0.3, 0.4) is 0 Å². The van der Waals surface area contributed by atoms with Crippen LogP contribution in [0.5, 0.6) is 0 Å². The molecule has 1 aromatic carbocycles. The molecule has 1 unspecified atom stereocenters. The molecule has 2 N–H and O–H groups in total. The maximum Gasteiger partial charge on any atom is 0.0972 e. The number of thioether (sulfide) groups is 1. The Hall–Kier alpha value is -1.32. The normalized spacial score (nSPS) is 12.4. The summed E-state index contributed by atoms with van der Waals surface area (Å²) in [5.41, 5.74) is 9.44. The summed E-state index contributed by atoms with van der Waals surface area (Å²) in [6, 6.07) is 14.6. The van der Waals surface area contributed by atoms with Crippen LogP contribution in [0, 0.1) is 13.8 Å². The summed E-state index contributed by atoms with van der Waals surface area (Å²) in [4.78, 5) is 4.55. The van der Waals surface area contributed by atoms with Gasteiger partial charge in [0.15, 0.2) is 0 Å². The van der Waals surface area contributed by atoms with Crippen molar-refractivity contribution in [3.05, 3.63) is 59.3 Å². The average molecular weight is 258 g/mol. The molecule has 0 amide bonds. The fourth-order valence-corrected chi connectivity index (χ4v) is 3.06. The zero-order valence-corrected chi connectivity index (χ0v) is 11.6. The number of benzene rings is 1. The van der Waals surface area contributed by atoms with Crippen molar-refractivity contribution >= 4 is 11.8 Å². The summed E-state index contributed by atoms with van der Waals surface area (Å²) < 4.78 is 0. The van der Waals surface area contributed by atoms with E-state index in [0.717, 1.165) is 10.7 Å². The Labute approximate surface area is 113 Å². The molecule has 1 atom stereocenters. The Kier molecular flexibility index (Phi) is 4.39. The molecule has 0 aliphatic carbocycles. The smallest absolute Gasteiger partial charge is 0.0972 e. The highest BCUT2D eigenvalue weighted by Crippen LogP contribution is 2.33. The second kappa shape index (κ2) is 6.03. The molecule has 0 spiro atoms. The van der Waals surface area contributed by atoms with Gasteiger partial charge in [-0.3, -0.25) is 0 Å². The number of hydrogen-bond acceptors (Lipinski definition) is 3. The van der Waals surface area contributed by atoms with Crippen LogP contribution < -0.4 is 5.73 Å². The van der Waals surface area contributed by atoms with E-state index < -0.39 is 0 Å². The number of hydrogen-bond donors (Lipinski definition) is 1. The third-order valence-electron chi connectivity index (χ3n) is 2.72. The van der Waals surface area contributed by atoms with Gasteiger partial charge in [-0.05, 0) is 37.1 Å². The van der Waals surface area contributed by atoms with Gasteiger partial charge in [-0.1, -0.05) is 42.1 Å². The summed E-state index contributed by atoms with van der Waals surface area (Å²) in [5, 5.41) is 1.31. The maximum atomic E-state index is 5.88. The summed E-state index contributed by atoms with van der Waals surface area (Å²) in [7, 11) is 0. The first kappa shape index (κ1) is 13.1. The van der Waals surface area contributed by atoms with Gasteiger partial charge in [0.2, 0.25) is 0 Å². The van der Waals surface area contributed by atoms with Crippen LogP contribution in [-0.2, 0) is 0 Å². The molecule has 2 nitrogen and oxygen atoms in total. The van der Waals surface area contributed by atoms with E-state index in [9.17, 15) is 0 Å². The Morgan fingerprint density at radius 3 is 2.50 bits per heavy atom. The van der Waals surface area contributed by atoms with Gasteiger partial charge in [0, 0.05) is 17.5 Å². The highest BCUT2D eigenvalue weighted by Gasteiger charge is 2.12. The SMILES string of the molecule is Cc1cc(C)nc(SC(CN)c2ccccc2)c1. The Morgan fingerprint density at radius 2 is 1.89 bits per heavy atom. The Morgan fingerprint density at radius 1 is 1.17 bits per heavy atom. The van der Waals surface area contributed by atoms with Crippen molar-refractivity contribution in [1.82, 2.24) is 4.98 Å². The number of aryl methyl sites for hydroxylation is 2. The summed E-state index contributed by atoms with van der Waals surface area (Å²) in [6.07, 6.45) is 0. The van der Waals surface area contributed by atoms with Crippen molar-refractivity contribution in [1.29, 1.82) is 0 Å². The first-order valence-electron chi connectivity index (χ1n) is 6.06. The number of rotatable bonds is 4. The third kappa shape index (κ3) is 3.34. The fourth-order valence-electron chi connectivity index (χ4n) is 1.93. The first-order chi connectivity index (χ1) is 8.69.